The Labute approximate surface area is 345 Å². The van der Waals surface area contributed by atoms with Gasteiger partial charge in [-0.3, -0.25) is 24.0 Å². The highest BCUT2D eigenvalue weighted by molar-refractivity contribution is 7.80. The molecule has 310 valence electrons. The van der Waals surface area contributed by atoms with Crippen molar-refractivity contribution in [3.05, 3.63) is 126 Å². The first-order valence-electron chi connectivity index (χ1n) is 18.7. The summed E-state index contributed by atoms with van der Waals surface area (Å²) in [5.74, 6) is -4.01. The fourth-order valence-corrected chi connectivity index (χ4v) is 6.17. The fraction of sp³-hybridized carbons (Fsp3) is 0.293. The van der Waals surface area contributed by atoms with E-state index in [-0.39, 0.29) is 38.4 Å². The van der Waals surface area contributed by atoms with Gasteiger partial charge in [0, 0.05) is 47.6 Å². The first-order chi connectivity index (χ1) is 28.5. The lowest BCUT2D eigenvalue weighted by Crippen LogP contribution is -2.60. The van der Waals surface area contributed by atoms with E-state index >= 15 is 0 Å². The lowest BCUT2D eigenvalue weighted by atomic mass is 10.0. The SMILES string of the molecule is C[C@@H](NC(=O)[C@H](Cc1c[nH]c2ccccc12)NC(=O)[C@H](COCc1ccccc1)NC(=O)[C@H](CS)NC(=O)[C@H](Cc1cnc[nH]1)NC(=O)OCc1ccccc1)C(N)=O. The maximum Gasteiger partial charge on any atom is 0.408 e. The second-order valence-electron chi connectivity index (χ2n) is 13.6. The number of thiol groups is 1. The predicted molar refractivity (Wildman–Crippen MR) is 220 cm³/mol. The molecule has 0 unspecified atom stereocenters. The molecule has 3 aromatic carbocycles. The summed E-state index contributed by atoms with van der Waals surface area (Å²) in [6.45, 7) is 1.12. The largest absolute Gasteiger partial charge is 0.445 e. The molecule has 18 heteroatoms. The van der Waals surface area contributed by atoms with Crippen LogP contribution in [0.4, 0.5) is 4.79 Å². The number of carbonyl (C=O) groups is 6. The Morgan fingerprint density at radius 2 is 1.27 bits per heavy atom. The van der Waals surface area contributed by atoms with Crippen molar-refractivity contribution in [1.82, 2.24) is 41.5 Å². The zero-order chi connectivity index (χ0) is 42.1. The number of hydrogen-bond acceptors (Lipinski definition) is 10. The van der Waals surface area contributed by atoms with Crippen LogP contribution >= 0.6 is 12.6 Å². The van der Waals surface area contributed by atoms with Crippen LogP contribution in [0.25, 0.3) is 10.9 Å². The molecule has 5 rings (SSSR count). The fourth-order valence-electron chi connectivity index (χ4n) is 5.91. The van der Waals surface area contributed by atoms with E-state index in [9.17, 15) is 28.8 Å². The number of primary amides is 1. The highest BCUT2D eigenvalue weighted by atomic mass is 32.1. The molecular formula is C41H47N9O8S. The van der Waals surface area contributed by atoms with E-state index in [0.29, 0.717) is 11.3 Å². The molecule has 0 saturated heterocycles. The van der Waals surface area contributed by atoms with Crippen LogP contribution < -0.4 is 32.3 Å². The minimum absolute atomic E-state index is 0.00638. The van der Waals surface area contributed by atoms with E-state index in [0.717, 1.165) is 22.0 Å². The lowest BCUT2D eigenvalue weighted by Gasteiger charge is -2.26. The number of rotatable bonds is 21. The zero-order valence-corrected chi connectivity index (χ0v) is 33.1. The van der Waals surface area contributed by atoms with Crippen molar-refractivity contribution in [3.8, 4) is 0 Å². The molecule has 0 aliphatic carbocycles. The van der Waals surface area contributed by atoms with Crippen molar-refractivity contribution in [3.63, 3.8) is 0 Å². The molecule has 59 heavy (non-hydrogen) atoms. The van der Waals surface area contributed by atoms with Crippen LogP contribution in [-0.4, -0.2) is 93.2 Å². The van der Waals surface area contributed by atoms with E-state index in [1.54, 1.807) is 30.5 Å². The maximum absolute atomic E-state index is 14.1. The maximum atomic E-state index is 14.1. The summed E-state index contributed by atoms with van der Waals surface area (Å²) in [6.07, 6.45) is 3.73. The number of benzene rings is 3. The average molecular weight is 826 g/mol. The van der Waals surface area contributed by atoms with Gasteiger partial charge in [-0.25, -0.2) is 9.78 Å². The molecule has 5 atom stereocenters. The molecular weight excluding hydrogens is 779 g/mol. The summed E-state index contributed by atoms with van der Waals surface area (Å²) in [7, 11) is 0. The van der Waals surface area contributed by atoms with Gasteiger partial charge in [-0.05, 0) is 29.7 Å². The van der Waals surface area contributed by atoms with Gasteiger partial charge in [-0.2, -0.15) is 12.6 Å². The number of amides is 6. The molecule has 2 heterocycles. The summed E-state index contributed by atoms with van der Waals surface area (Å²) in [5, 5.41) is 13.9. The highest BCUT2D eigenvalue weighted by Gasteiger charge is 2.32. The van der Waals surface area contributed by atoms with Crippen molar-refractivity contribution >= 4 is 59.2 Å². The molecule has 0 saturated carbocycles. The minimum Gasteiger partial charge on any atom is -0.445 e. The molecule has 0 bridgehead atoms. The van der Waals surface area contributed by atoms with E-state index < -0.39 is 65.8 Å². The normalized spacial score (nSPS) is 13.5. The summed E-state index contributed by atoms with van der Waals surface area (Å²) in [5.41, 5.74) is 8.98. The van der Waals surface area contributed by atoms with Crippen LogP contribution in [0.1, 0.15) is 29.3 Å². The molecule has 0 radical (unpaired) electrons. The van der Waals surface area contributed by atoms with Crippen LogP contribution in [0, 0.1) is 0 Å². The molecule has 9 N–H and O–H groups in total. The zero-order valence-electron chi connectivity index (χ0n) is 32.2. The van der Waals surface area contributed by atoms with Crippen molar-refractivity contribution in [2.75, 3.05) is 12.4 Å². The van der Waals surface area contributed by atoms with Crippen LogP contribution in [0.3, 0.4) is 0 Å². The number of aromatic amines is 2. The molecule has 0 aliphatic heterocycles. The van der Waals surface area contributed by atoms with Crippen LogP contribution in [0.2, 0.25) is 0 Å². The van der Waals surface area contributed by atoms with E-state index in [1.165, 1.54) is 19.4 Å². The summed E-state index contributed by atoms with van der Waals surface area (Å²) in [4.78, 5) is 89.9. The van der Waals surface area contributed by atoms with Gasteiger partial charge in [-0.1, -0.05) is 78.9 Å². The van der Waals surface area contributed by atoms with Gasteiger partial charge in [0.15, 0.2) is 0 Å². The number of nitrogens with zero attached hydrogens (tertiary/aromatic N) is 1. The Morgan fingerprint density at radius 1 is 0.695 bits per heavy atom. The third-order valence-electron chi connectivity index (χ3n) is 9.16. The Morgan fingerprint density at radius 3 is 1.93 bits per heavy atom. The van der Waals surface area contributed by atoms with Gasteiger partial charge in [0.05, 0.1) is 19.5 Å². The second-order valence-corrected chi connectivity index (χ2v) is 14.0. The molecule has 0 aliphatic rings. The number of nitrogens with two attached hydrogens (primary N) is 1. The summed E-state index contributed by atoms with van der Waals surface area (Å²) in [6, 6.07) is 19.3. The number of aromatic nitrogens is 3. The average Bonchev–Trinajstić information content (AvgIpc) is 3.91. The number of carbonyl (C=O) groups excluding carboxylic acids is 6. The minimum atomic E-state index is -1.38. The quantitative estimate of drug-likeness (QED) is 0.0487. The van der Waals surface area contributed by atoms with E-state index in [1.807, 2.05) is 60.7 Å². The molecule has 5 aromatic rings. The van der Waals surface area contributed by atoms with Gasteiger partial charge in [0.2, 0.25) is 29.5 Å². The van der Waals surface area contributed by atoms with Crippen molar-refractivity contribution in [2.45, 2.75) is 63.2 Å². The van der Waals surface area contributed by atoms with Gasteiger partial charge < -0.3 is 51.8 Å². The predicted octanol–water partition coefficient (Wildman–Crippen LogP) is 1.56. The van der Waals surface area contributed by atoms with Crippen molar-refractivity contribution in [2.24, 2.45) is 5.73 Å². The number of para-hydroxylation sites is 1. The Bertz CT molecular complexity index is 2170. The molecule has 0 spiro atoms. The van der Waals surface area contributed by atoms with Crippen LogP contribution in [0.15, 0.2) is 104 Å². The first kappa shape index (κ1) is 43.5. The van der Waals surface area contributed by atoms with Gasteiger partial charge in [0.25, 0.3) is 0 Å². The smallest absolute Gasteiger partial charge is 0.408 e. The Hall–Kier alpha value is -6.66. The summed E-state index contributed by atoms with van der Waals surface area (Å²) < 4.78 is 11.2. The number of nitrogens with one attached hydrogen (secondary N) is 7. The number of alkyl carbamates (subject to hydrolysis) is 1. The summed E-state index contributed by atoms with van der Waals surface area (Å²) >= 11 is 4.30. The number of hydrogen-bond donors (Lipinski definition) is 9. The lowest BCUT2D eigenvalue weighted by molar-refractivity contribution is -0.135. The topological polar surface area (TPSA) is 252 Å². The first-order valence-corrected chi connectivity index (χ1v) is 19.4. The number of H-pyrrole nitrogens is 2. The molecule has 17 nitrogen and oxygen atoms in total. The van der Waals surface area contributed by atoms with E-state index in [4.69, 9.17) is 15.2 Å². The monoisotopic (exact) mass is 825 g/mol. The third-order valence-corrected chi connectivity index (χ3v) is 9.53. The molecule has 0 fully saturated rings. The highest BCUT2D eigenvalue weighted by Crippen LogP contribution is 2.19. The van der Waals surface area contributed by atoms with Crippen LogP contribution in [-0.2, 0) is 59.5 Å². The Balaban J connectivity index is 1.31. The Kier molecular flexibility index (Phi) is 16.0. The number of fused-ring (bicyclic) bond motifs is 1. The van der Waals surface area contributed by atoms with Gasteiger partial charge in [0.1, 0.15) is 36.8 Å². The standard InChI is InChI=1S/C41H47N9O8S/c1-25(36(42)51)46-37(52)32(16-28-18-44-31-15-9-8-14-30(28)31)47-39(54)34(22-57-20-26-10-4-2-5-11-26)48-40(55)35(23-59)49-38(53)33(17-29-19-43-24-45-29)50-41(56)58-21-27-12-6-3-7-13-27/h2-15,18-19,24-25,32-35,44,59H,16-17,20-23H2,1H3,(H2,42,51)(H,43,45)(H,46,52)(H,47,54)(H,48,55)(H,49,53)(H,50,56)/t25-,32+,33+,34+,35+/m1/s1. The molecule has 2 aromatic heterocycles. The van der Waals surface area contributed by atoms with Crippen molar-refractivity contribution in [1.29, 1.82) is 0 Å². The van der Waals surface area contributed by atoms with E-state index in [2.05, 4.69) is 54.2 Å². The van der Waals surface area contributed by atoms with Gasteiger partial charge in [-0.15, -0.1) is 0 Å². The van der Waals surface area contributed by atoms with Gasteiger partial charge >= 0.3 is 6.09 Å². The third kappa shape index (κ3) is 13.2. The van der Waals surface area contributed by atoms with Crippen molar-refractivity contribution < 1.29 is 38.2 Å². The van der Waals surface area contributed by atoms with Crippen LogP contribution in [0.5, 0.6) is 0 Å². The number of ether oxygens (including phenoxy) is 2. The molecule has 6 amide bonds. The number of imidazole rings is 1. The second kappa shape index (κ2) is 21.8.